The standard InChI is InChI=1S/C23H33NO5/c1-4-5-12-27-17(3)19(13-16(2)25)15-28-23-21-9-7-6-8-20(21)22(26)24(23)29-14-18-10-11-18/h6-9,17-19,23H,4-5,10-15H2,1-3H3. The third kappa shape index (κ3) is 5.87. The van der Waals surface area contributed by atoms with Crippen LogP contribution in [0.3, 0.4) is 0 Å². The number of amides is 1. The second-order valence-electron chi connectivity index (χ2n) is 8.24. The Morgan fingerprint density at radius 1 is 1.28 bits per heavy atom. The van der Waals surface area contributed by atoms with Crippen molar-refractivity contribution in [2.24, 2.45) is 11.8 Å². The second kappa shape index (κ2) is 10.3. The molecule has 3 atom stereocenters. The maximum Gasteiger partial charge on any atom is 0.280 e. The average Bonchev–Trinajstić information content (AvgIpc) is 3.49. The summed E-state index contributed by atoms with van der Waals surface area (Å²) in [6.45, 7) is 7.23. The van der Waals surface area contributed by atoms with Crippen molar-refractivity contribution in [3.05, 3.63) is 35.4 Å². The number of nitrogens with zero attached hydrogens (tertiary/aromatic N) is 1. The summed E-state index contributed by atoms with van der Waals surface area (Å²) >= 11 is 0. The number of unbranched alkanes of at least 4 members (excludes halogenated alkanes) is 1. The number of hydroxylamine groups is 2. The van der Waals surface area contributed by atoms with Gasteiger partial charge in [0.25, 0.3) is 5.91 Å². The van der Waals surface area contributed by atoms with E-state index < -0.39 is 6.23 Å². The SMILES string of the molecule is CCCCOC(C)C(COC1c2ccccc2C(=O)N1OCC1CC1)CC(C)=O. The maximum atomic E-state index is 12.8. The first-order valence-electron chi connectivity index (χ1n) is 10.8. The minimum atomic E-state index is -0.588. The molecule has 1 amide bonds. The van der Waals surface area contributed by atoms with Crippen molar-refractivity contribution in [3.63, 3.8) is 0 Å². The van der Waals surface area contributed by atoms with Gasteiger partial charge in [-0.3, -0.25) is 9.63 Å². The van der Waals surface area contributed by atoms with Crippen molar-refractivity contribution >= 4 is 11.7 Å². The normalized spacial score (nSPS) is 20.6. The van der Waals surface area contributed by atoms with Crippen molar-refractivity contribution in [3.8, 4) is 0 Å². The number of Topliss-reactive ketones (excluding diaryl/α,β-unsaturated/α-hetero) is 1. The Balaban J connectivity index is 1.67. The molecule has 3 unspecified atom stereocenters. The number of carbonyl (C=O) groups excluding carboxylic acids is 2. The molecule has 0 spiro atoms. The Bertz CT molecular complexity index is 702. The highest BCUT2D eigenvalue weighted by molar-refractivity contribution is 5.98. The van der Waals surface area contributed by atoms with Crippen LogP contribution in [0.2, 0.25) is 0 Å². The monoisotopic (exact) mass is 403 g/mol. The summed E-state index contributed by atoms with van der Waals surface area (Å²) < 4.78 is 12.1. The zero-order valence-corrected chi connectivity index (χ0v) is 17.8. The minimum absolute atomic E-state index is 0.0718. The molecule has 0 aromatic heterocycles. The molecule has 1 aromatic carbocycles. The van der Waals surface area contributed by atoms with Gasteiger partial charge in [0, 0.05) is 30.1 Å². The zero-order chi connectivity index (χ0) is 20.8. The van der Waals surface area contributed by atoms with Crippen LogP contribution < -0.4 is 0 Å². The highest BCUT2D eigenvalue weighted by Gasteiger charge is 2.40. The van der Waals surface area contributed by atoms with Crippen molar-refractivity contribution in [2.75, 3.05) is 19.8 Å². The highest BCUT2D eigenvalue weighted by atomic mass is 16.7. The van der Waals surface area contributed by atoms with E-state index >= 15 is 0 Å². The van der Waals surface area contributed by atoms with E-state index in [4.69, 9.17) is 14.3 Å². The number of fused-ring (bicyclic) bond motifs is 1. The van der Waals surface area contributed by atoms with Gasteiger partial charge in [0.15, 0.2) is 6.23 Å². The average molecular weight is 404 g/mol. The van der Waals surface area contributed by atoms with Crippen LogP contribution in [-0.2, 0) is 19.1 Å². The maximum absolute atomic E-state index is 12.8. The highest BCUT2D eigenvalue weighted by Crippen LogP contribution is 2.37. The van der Waals surface area contributed by atoms with Gasteiger partial charge in [0.1, 0.15) is 5.78 Å². The molecule has 3 rings (SSSR count). The van der Waals surface area contributed by atoms with Crippen molar-refractivity contribution < 1.29 is 23.9 Å². The number of ether oxygens (including phenoxy) is 2. The molecule has 6 heteroatoms. The number of hydrogen-bond acceptors (Lipinski definition) is 5. The summed E-state index contributed by atoms with van der Waals surface area (Å²) in [4.78, 5) is 30.4. The molecule has 160 valence electrons. The predicted molar refractivity (Wildman–Crippen MR) is 109 cm³/mol. The smallest absolute Gasteiger partial charge is 0.280 e. The summed E-state index contributed by atoms with van der Waals surface area (Å²) in [6, 6.07) is 7.45. The van der Waals surface area contributed by atoms with E-state index in [-0.39, 0.29) is 23.7 Å². The van der Waals surface area contributed by atoms with Crippen LogP contribution in [0.1, 0.15) is 75.0 Å². The van der Waals surface area contributed by atoms with Crippen LogP contribution in [0.25, 0.3) is 0 Å². The summed E-state index contributed by atoms with van der Waals surface area (Å²) in [5, 5.41) is 1.37. The third-order valence-electron chi connectivity index (χ3n) is 5.58. The summed E-state index contributed by atoms with van der Waals surface area (Å²) in [6.07, 6.45) is 4.05. The Kier molecular flexibility index (Phi) is 7.81. The molecule has 1 fully saturated rings. The first-order valence-corrected chi connectivity index (χ1v) is 10.8. The molecule has 1 aromatic rings. The first kappa shape index (κ1) is 21.9. The lowest BCUT2D eigenvalue weighted by molar-refractivity contribution is -0.223. The van der Waals surface area contributed by atoms with Crippen LogP contribution in [-0.4, -0.2) is 42.7 Å². The fourth-order valence-corrected chi connectivity index (χ4v) is 3.51. The molecule has 0 bridgehead atoms. The van der Waals surface area contributed by atoms with Crippen LogP contribution >= 0.6 is 0 Å². The third-order valence-corrected chi connectivity index (χ3v) is 5.58. The second-order valence-corrected chi connectivity index (χ2v) is 8.24. The van der Waals surface area contributed by atoms with E-state index in [2.05, 4.69) is 6.92 Å². The summed E-state index contributed by atoms with van der Waals surface area (Å²) in [7, 11) is 0. The Hall–Kier alpha value is -1.76. The van der Waals surface area contributed by atoms with E-state index in [0.29, 0.717) is 37.7 Å². The van der Waals surface area contributed by atoms with Crippen molar-refractivity contribution in [2.45, 2.75) is 65.2 Å². The topological polar surface area (TPSA) is 65.1 Å². The number of carbonyl (C=O) groups is 2. The van der Waals surface area contributed by atoms with Crippen LogP contribution in [0.5, 0.6) is 0 Å². The fraction of sp³-hybridized carbons (Fsp3) is 0.652. The van der Waals surface area contributed by atoms with E-state index in [1.165, 1.54) is 5.06 Å². The summed E-state index contributed by atoms with van der Waals surface area (Å²) in [5.41, 5.74) is 1.43. The number of benzene rings is 1. The number of hydrogen-bond donors (Lipinski definition) is 0. The molecule has 1 aliphatic carbocycles. The van der Waals surface area contributed by atoms with Crippen LogP contribution in [0.15, 0.2) is 24.3 Å². The van der Waals surface area contributed by atoms with E-state index in [0.717, 1.165) is 31.2 Å². The van der Waals surface area contributed by atoms with Crippen molar-refractivity contribution in [1.29, 1.82) is 0 Å². The Morgan fingerprint density at radius 3 is 2.72 bits per heavy atom. The van der Waals surface area contributed by atoms with Gasteiger partial charge in [-0.25, -0.2) is 0 Å². The lowest BCUT2D eigenvalue weighted by atomic mass is 9.98. The van der Waals surface area contributed by atoms with Gasteiger partial charge in [-0.2, -0.15) is 5.06 Å². The first-order chi connectivity index (χ1) is 14.0. The van der Waals surface area contributed by atoms with Gasteiger partial charge in [0.2, 0.25) is 0 Å². The molecule has 1 aliphatic heterocycles. The minimum Gasteiger partial charge on any atom is -0.378 e. The molecular formula is C23H33NO5. The number of rotatable bonds is 13. The van der Waals surface area contributed by atoms with E-state index in [1.54, 1.807) is 13.0 Å². The van der Waals surface area contributed by atoms with Gasteiger partial charge >= 0.3 is 0 Å². The lowest BCUT2D eigenvalue weighted by Crippen LogP contribution is -2.34. The number of ketones is 1. The van der Waals surface area contributed by atoms with Gasteiger partial charge < -0.3 is 14.3 Å². The molecule has 0 radical (unpaired) electrons. The fourth-order valence-electron chi connectivity index (χ4n) is 3.51. The van der Waals surface area contributed by atoms with E-state index in [1.807, 2.05) is 25.1 Å². The molecule has 0 saturated heterocycles. The van der Waals surface area contributed by atoms with Gasteiger partial charge in [-0.1, -0.05) is 31.5 Å². The molecule has 6 nitrogen and oxygen atoms in total. The molecule has 2 aliphatic rings. The van der Waals surface area contributed by atoms with Crippen molar-refractivity contribution in [1.82, 2.24) is 5.06 Å². The summed E-state index contributed by atoms with van der Waals surface area (Å²) in [5.74, 6) is 0.401. The Morgan fingerprint density at radius 2 is 2.03 bits per heavy atom. The van der Waals surface area contributed by atoms with Gasteiger partial charge in [-0.15, -0.1) is 0 Å². The molecule has 1 heterocycles. The predicted octanol–water partition coefficient (Wildman–Crippen LogP) is 4.30. The van der Waals surface area contributed by atoms with Gasteiger partial charge in [-0.05, 0) is 45.1 Å². The lowest BCUT2D eigenvalue weighted by Gasteiger charge is -2.28. The molecule has 1 saturated carbocycles. The van der Waals surface area contributed by atoms with Crippen LogP contribution in [0.4, 0.5) is 0 Å². The molecule has 29 heavy (non-hydrogen) atoms. The van der Waals surface area contributed by atoms with E-state index in [9.17, 15) is 9.59 Å². The molecular weight excluding hydrogens is 370 g/mol. The van der Waals surface area contributed by atoms with Crippen LogP contribution in [0, 0.1) is 11.8 Å². The Labute approximate surface area is 173 Å². The largest absolute Gasteiger partial charge is 0.378 e. The zero-order valence-electron chi connectivity index (χ0n) is 17.8. The van der Waals surface area contributed by atoms with Gasteiger partial charge in [0.05, 0.1) is 19.3 Å². The molecule has 0 N–H and O–H groups in total. The quantitative estimate of drug-likeness (QED) is 0.460.